The molecule has 7 rings (SSSR count). The second kappa shape index (κ2) is 16.8. The van der Waals surface area contributed by atoms with E-state index in [1.54, 1.807) is 0 Å². The summed E-state index contributed by atoms with van der Waals surface area (Å²) in [7, 11) is 2.59. The third-order valence-electron chi connectivity index (χ3n) is 11.8. The van der Waals surface area contributed by atoms with Gasteiger partial charge < -0.3 is 40.3 Å². The van der Waals surface area contributed by atoms with Crippen molar-refractivity contribution in [3.05, 3.63) is 71.6 Å². The van der Waals surface area contributed by atoms with E-state index in [2.05, 4.69) is 68.4 Å². The van der Waals surface area contributed by atoms with Crippen molar-refractivity contribution in [2.45, 2.75) is 103 Å². The van der Waals surface area contributed by atoms with Gasteiger partial charge in [0.1, 0.15) is 23.7 Å². The van der Waals surface area contributed by atoms with E-state index < -0.39 is 24.3 Å². The number of aromatic amines is 2. The van der Waals surface area contributed by atoms with E-state index in [9.17, 15) is 19.2 Å². The quantitative estimate of drug-likeness (QED) is 0.116. The zero-order valence-corrected chi connectivity index (χ0v) is 33.6. The average molecular weight is 779 g/mol. The van der Waals surface area contributed by atoms with E-state index in [0.717, 1.165) is 95.9 Å². The maximum atomic E-state index is 13.6. The number of benzene rings is 2. The maximum absolute atomic E-state index is 13.6. The Balaban J connectivity index is 1.03. The third kappa shape index (κ3) is 8.26. The van der Waals surface area contributed by atoms with Crippen LogP contribution in [0.3, 0.4) is 0 Å². The number of hydrogen-bond acceptors (Lipinski definition) is 8. The van der Waals surface area contributed by atoms with E-state index >= 15 is 0 Å². The Bertz CT molecular complexity index is 2110. The van der Waals surface area contributed by atoms with Crippen LogP contribution in [0, 0.1) is 11.8 Å². The highest BCUT2D eigenvalue weighted by molar-refractivity contribution is 5.87. The van der Waals surface area contributed by atoms with Crippen LogP contribution in [0.5, 0.6) is 0 Å². The van der Waals surface area contributed by atoms with Gasteiger partial charge in [-0.25, -0.2) is 19.6 Å². The van der Waals surface area contributed by atoms with Gasteiger partial charge in [0, 0.05) is 29.8 Å². The summed E-state index contributed by atoms with van der Waals surface area (Å²) < 4.78 is 9.51. The van der Waals surface area contributed by atoms with Crippen molar-refractivity contribution in [1.82, 2.24) is 40.8 Å². The maximum Gasteiger partial charge on any atom is 0.407 e. The van der Waals surface area contributed by atoms with Crippen LogP contribution in [0.15, 0.2) is 48.7 Å². The molecule has 3 aliphatic rings. The molecular formula is C43H54N8O6. The molecule has 3 heterocycles. The van der Waals surface area contributed by atoms with Gasteiger partial charge in [0.15, 0.2) is 0 Å². The Morgan fingerprint density at radius 2 is 1.47 bits per heavy atom. The SMILES string of the molecule is COC(=O)N[C@H](C(=O)N[C@H]1CCC[C@@H]1c1nc2c([nH]1)CCc1cc(-c3ccc(-c4cnc([C@@H]5CCCN5C(=O)[C@@H](NC(=O)OC)C(C)C)[nH]4)cc3)ccc1-2)C(C)C. The summed E-state index contributed by atoms with van der Waals surface area (Å²) in [6.45, 7) is 8.21. The number of aryl methyl sites for hydroxylation is 2. The number of rotatable bonds is 11. The highest BCUT2D eigenvalue weighted by atomic mass is 16.5. The molecule has 0 radical (unpaired) electrons. The number of amides is 4. The standard InChI is InChI=1S/C43H54N8O6/c1-23(2)35(49-42(54)56-5)40(52)47-31-10-7-9-30(31)38-45-32-19-17-28-21-27(16-18-29(28)37(32)48-38)25-12-14-26(15-13-25)33-22-44-39(46-33)34-11-8-20-51(34)41(53)36(24(3)4)50-43(55)57-6/h12-16,18,21-24,30-31,34-36H,7-11,17,19-20H2,1-6H3,(H,44,46)(H,45,48)(H,47,52)(H,49,54)(H,50,55)/t30-,31-,34-,35-,36-/m0/s1. The Labute approximate surface area is 333 Å². The van der Waals surface area contributed by atoms with Gasteiger partial charge in [-0.2, -0.15) is 0 Å². The van der Waals surface area contributed by atoms with Crippen LogP contribution in [0.1, 0.15) is 94.7 Å². The minimum absolute atomic E-state index is 0.0600. The molecule has 302 valence electrons. The number of fused-ring (bicyclic) bond motifs is 3. The van der Waals surface area contributed by atoms with Crippen LogP contribution in [0.25, 0.3) is 33.6 Å². The number of H-pyrrole nitrogens is 2. The minimum atomic E-state index is -0.686. The van der Waals surface area contributed by atoms with E-state index in [1.165, 1.54) is 19.8 Å². The summed E-state index contributed by atoms with van der Waals surface area (Å²) in [6.07, 6.45) is 6.71. The van der Waals surface area contributed by atoms with Crippen LogP contribution in [0.4, 0.5) is 9.59 Å². The van der Waals surface area contributed by atoms with Crippen LogP contribution < -0.4 is 16.0 Å². The molecule has 1 aliphatic heterocycles. The number of ether oxygens (including phenoxy) is 2. The highest BCUT2D eigenvalue weighted by Crippen LogP contribution is 2.40. The van der Waals surface area contributed by atoms with Crippen molar-refractivity contribution < 1.29 is 28.7 Å². The zero-order valence-electron chi connectivity index (χ0n) is 33.6. The molecule has 1 saturated heterocycles. The molecule has 14 nitrogen and oxygen atoms in total. The number of nitrogens with one attached hydrogen (secondary N) is 5. The van der Waals surface area contributed by atoms with Crippen LogP contribution >= 0.6 is 0 Å². The predicted octanol–water partition coefficient (Wildman–Crippen LogP) is 6.41. The molecule has 0 bridgehead atoms. The molecule has 14 heteroatoms. The lowest BCUT2D eigenvalue weighted by atomic mass is 9.89. The minimum Gasteiger partial charge on any atom is -0.453 e. The van der Waals surface area contributed by atoms with Crippen molar-refractivity contribution in [2.24, 2.45) is 11.8 Å². The first-order valence-corrected chi connectivity index (χ1v) is 20.1. The topological polar surface area (TPSA) is 183 Å². The molecule has 2 aliphatic carbocycles. The molecular weight excluding hydrogens is 725 g/mol. The Morgan fingerprint density at radius 3 is 2.18 bits per heavy atom. The molecule has 0 unspecified atom stereocenters. The molecule has 2 fully saturated rings. The number of nitrogens with zero attached hydrogens (tertiary/aromatic N) is 3. The van der Waals surface area contributed by atoms with E-state index in [0.29, 0.717) is 6.54 Å². The number of methoxy groups -OCH3 is 2. The first-order chi connectivity index (χ1) is 27.4. The lowest BCUT2D eigenvalue weighted by molar-refractivity contribution is -0.135. The fourth-order valence-corrected chi connectivity index (χ4v) is 8.62. The van der Waals surface area contributed by atoms with E-state index in [1.807, 2.05) is 38.8 Å². The normalized spacial score (nSPS) is 19.8. The van der Waals surface area contributed by atoms with Crippen molar-refractivity contribution in [3.63, 3.8) is 0 Å². The van der Waals surface area contributed by atoms with Gasteiger partial charge in [-0.15, -0.1) is 0 Å². The lowest BCUT2D eigenvalue weighted by Crippen LogP contribution is -2.52. The summed E-state index contributed by atoms with van der Waals surface area (Å²) in [5, 5.41) is 8.58. The second-order valence-corrected chi connectivity index (χ2v) is 16.1. The second-order valence-electron chi connectivity index (χ2n) is 16.1. The number of carbonyl (C=O) groups is 4. The third-order valence-corrected chi connectivity index (χ3v) is 11.8. The summed E-state index contributed by atoms with van der Waals surface area (Å²) in [5.74, 6) is 1.16. The lowest BCUT2D eigenvalue weighted by Gasteiger charge is -2.30. The first kappa shape index (κ1) is 39.6. The fourth-order valence-electron chi connectivity index (χ4n) is 8.62. The van der Waals surface area contributed by atoms with Gasteiger partial charge in [0.05, 0.1) is 37.8 Å². The van der Waals surface area contributed by atoms with Crippen molar-refractivity contribution in [3.8, 4) is 33.6 Å². The summed E-state index contributed by atoms with van der Waals surface area (Å²) in [6, 6.07) is 13.3. The van der Waals surface area contributed by atoms with Gasteiger partial charge in [0.2, 0.25) is 11.8 Å². The molecule has 5 N–H and O–H groups in total. The summed E-state index contributed by atoms with van der Waals surface area (Å²) in [5.41, 5.74) is 8.59. The Hall–Kier alpha value is -5.66. The number of alkyl carbamates (subject to hydrolysis) is 2. The number of likely N-dealkylation sites (tertiary alicyclic amines) is 1. The summed E-state index contributed by atoms with van der Waals surface area (Å²) in [4.78, 5) is 69.5. The summed E-state index contributed by atoms with van der Waals surface area (Å²) >= 11 is 0. The molecule has 0 spiro atoms. The average Bonchev–Trinajstić information content (AvgIpc) is 4.04. The van der Waals surface area contributed by atoms with Gasteiger partial charge in [-0.1, -0.05) is 76.6 Å². The number of carbonyl (C=O) groups excluding carboxylic acids is 4. The Kier molecular flexibility index (Phi) is 11.7. The smallest absolute Gasteiger partial charge is 0.407 e. The van der Waals surface area contributed by atoms with Gasteiger partial charge in [-0.3, -0.25) is 9.59 Å². The monoisotopic (exact) mass is 778 g/mol. The molecule has 57 heavy (non-hydrogen) atoms. The van der Waals surface area contributed by atoms with Gasteiger partial charge in [-0.05, 0) is 72.6 Å². The van der Waals surface area contributed by atoms with Crippen LogP contribution in [-0.4, -0.2) is 87.7 Å². The van der Waals surface area contributed by atoms with Crippen molar-refractivity contribution >= 4 is 24.0 Å². The van der Waals surface area contributed by atoms with Gasteiger partial charge >= 0.3 is 12.2 Å². The van der Waals surface area contributed by atoms with Crippen molar-refractivity contribution in [2.75, 3.05) is 20.8 Å². The van der Waals surface area contributed by atoms with E-state index in [4.69, 9.17) is 19.4 Å². The zero-order chi connectivity index (χ0) is 40.4. The van der Waals surface area contributed by atoms with E-state index in [-0.39, 0.29) is 41.7 Å². The molecule has 2 aromatic heterocycles. The predicted molar refractivity (Wildman–Crippen MR) is 215 cm³/mol. The molecule has 4 amide bonds. The van der Waals surface area contributed by atoms with Gasteiger partial charge in [0.25, 0.3) is 0 Å². The van der Waals surface area contributed by atoms with Crippen LogP contribution in [0.2, 0.25) is 0 Å². The number of hydrogen-bond donors (Lipinski definition) is 5. The Morgan fingerprint density at radius 1 is 0.789 bits per heavy atom. The highest BCUT2D eigenvalue weighted by Gasteiger charge is 2.38. The number of aromatic nitrogens is 4. The molecule has 5 atom stereocenters. The molecule has 1 saturated carbocycles. The van der Waals surface area contributed by atoms with Crippen molar-refractivity contribution in [1.29, 1.82) is 0 Å². The largest absolute Gasteiger partial charge is 0.453 e. The fraction of sp³-hybridized carbons (Fsp3) is 0.488. The molecule has 2 aromatic carbocycles. The van der Waals surface area contributed by atoms with Crippen LogP contribution in [-0.2, 0) is 31.9 Å². The molecule has 4 aromatic rings. The first-order valence-electron chi connectivity index (χ1n) is 20.1. The number of imidazole rings is 2.